The molecule has 2 aromatic rings. The molecule has 6 heteroatoms. The van der Waals surface area contributed by atoms with Crippen molar-refractivity contribution in [2.24, 2.45) is 5.41 Å². The first-order chi connectivity index (χ1) is 14.7. The van der Waals surface area contributed by atoms with E-state index in [9.17, 15) is 9.59 Å². The lowest BCUT2D eigenvalue weighted by Crippen LogP contribution is -2.44. The summed E-state index contributed by atoms with van der Waals surface area (Å²) in [4.78, 5) is 27.3. The zero-order chi connectivity index (χ0) is 22.4. The van der Waals surface area contributed by atoms with Crippen LogP contribution in [0, 0.1) is 5.41 Å². The van der Waals surface area contributed by atoms with E-state index in [1.54, 1.807) is 31.4 Å². The number of carbonyl (C=O) groups is 2. The highest BCUT2D eigenvalue weighted by Crippen LogP contribution is 2.20. The number of ether oxygens (including phenoxy) is 1. The Balaban J connectivity index is 1.50. The molecule has 0 bridgehead atoms. The zero-order valence-corrected chi connectivity index (χ0v) is 18.9. The summed E-state index contributed by atoms with van der Waals surface area (Å²) in [5.74, 6) is 0.701. The quantitative estimate of drug-likeness (QED) is 0.735. The van der Waals surface area contributed by atoms with Crippen LogP contribution in [0.4, 0.5) is 5.69 Å². The highest BCUT2D eigenvalue weighted by atomic mass is 16.5. The Morgan fingerprint density at radius 3 is 2.45 bits per heavy atom. The molecule has 0 aromatic heterocycles. The van der Waals surface area contributed by atoms with Crippen LogP contribution in [-0.4, -0.2) is 43.0 Å². The predicted octanol–water partition coefficient (Wildman–Crippen LogP) is 4.07. The van der Waals surface area contributed by atoms with Crippen molar-refractivity contribution >= 4 is 17.5 Å². The minimum absolute atomic E-state index is 0.0755. The average molecular weight is 424 g/mol. The van der Waals surface area contributed by atoms with Crippen LogP contribution < -0.4 is 15.4 Å². The minimum atomic E-state index is -0.489. The molecule has 1 aliphatic rings. The van der Waals surface area contributed by atoms with Gasteiger partial charge in [0.05, 0.1) is 7.11 Å². The highest BCUT2D eigenvalue weighted by Gasteiger charge is 2.23. The molecular formula is C25H33N3O3. The van der Waals surface area contributed by atoms with Crippen molar-refractivity contribution in [2.45, 2.75) is 46.2 Å². The van der Waals surface area contributed by atoms with E-state index in [4.69, 9.17) is 4.74 Å². The predicted molar refractivity (Wildman–Crippen MR) is 123 cm³/mol. The molecule has 0 spiro atoms. The van der Waals surface area contributed by atoms with Gasteiger partial charge in [0, 0.05) is 42.3 Å². The van der Waals surface area contributed by atoms with Gasteiger partial charge in [0.1, 0.15) is 5.75 Å². The van der Waals surface area contributed by atoms with Gasteiger partial charge in [0.15, 0.2) is 0 Å². The topological polar surface area (TPSA) is 70.7 Å². The molecular weight excluding hydrogens is 390 g/mol. The highest BCUT2D eigenvalue weighted by molar-refractivity contribution is 5.98. The Kier molecular flexibility index (Phi) is 7.33. The Morgan fingerprint density at radius 1 is 1.06 bits per heavy atom. The fraction of sp³-hybridized carbons (Fsp3) is 0.440. The van der Waals surface area contributed by atoms with Crippen molar-refractivity contribution in [1.82, 2.24) is 10.2 Å². The Morgan fingerprint density at radius 2 is 1.77 bits per heavy atom. The van der Waals surface area contributed by atoms with Gasteiger partial charge in [-0.2, -0.15) is 0 Å². The van der Waals surface area contributed by atoms with E-state index in [1.807, 2.05) is 32.9 Å². The summed E-state index contributed by atoms with van der Waals surface area (Å²) >= 11 is 0. The molecule has 0 unspecified atom stereocenters. The van der Waals surface area contributed by atoms with Crippen LogP contribution in [0.15, 0.2) is 48.5 Å². The molecule has 0 atom stereocenters. The molecule has 1 saturated heterocycles. The molecule has 1 heterocycles. The first-order valence-corrected chi connectivity index (χ1v) is 10.8. The first kappa shape index (κ1) is 22.8. The lowest BCUT2D eigenvalue weighted by molar-refractivity contribution is -0.123. The number of hydrogen-bond donors (Lipinski definition) is 2. The molecule has 3 rings (SSSR count). The second kappa shape index (κ2) is 9.96. The second-order valence-electron chi connectivity index (χ2n) is 9.16. The van der Waals surface area contributed by atoms with Gasteiger partial charge in [-0.25, -0.2) is 0 Å². The Labute approximate surface area is 185 Å². The minimum Gasteiger partial charge on any atom is -0.497 e. The number of carbonyl (C=O) groups excluding carboxylic acids is 2. The van der Waals surface area contributed by atoms with Crippen LogP contribution in [-0.2, 0) is 11.3 Å². The Hall–Kier alpha value is -2.86. The number of benzene rings is 2. The van der Waals surface area contributed by atoms with Crippen molar-refractivity contribution in [3.63, 3.8) is 0 Å². The summed E-state index contributed by atoms with van der Waals surface area (Å²) in [6, 6.07) is 15.4. The van der Waals surface area contributed by atoms with E-state index < -0.39 is 5.41 Å². The van der Waals surface area contributed by atoms with Gasteiger partial charge >= 0.3 is 0 Å². The molecule has 2 amide bonds. The third kappa shape index (κ3) is 6.56. The molecule has 1 aliphatic heterocycles. The van der Waals surface area contributed by atoms with E-state index in [1.165, 1.54) is 5.56 Å². The maximum Gasteiger partial charge on any atom is 0.251 e. The fourth-order valence-corrected chi connectivity index (χ4v) is 3.59. The van der Waals surface area contributed by atoms with Gasteiger partial charge in [-0.15, -0.1) is 0 Å². The third-order valence-corrected chi connectivity index (χ3v) is 5.53. The number of rotatable bonds is 6. The third-order valence-electron chi connectivity index (χ3n) is 5.53. The maximum atomic E-state index is 12.7. The largest absolute Gasteiger partial charge is 0.497 e. The van der Waals surface area contributed by atoms with Crippen molar-refractivity contribution in [1.29, 1.82) is 0 Å². The van der Waals surface area contributed by atoms with E-state index in [2.05, 4.69) is 27.7 Å². The molecule has 2 aromatic carbocycles. The number of piperidine rings is 1. The zero-order valence-electron chi connectivity index (χ0n) is 18.9. The van der Waals surface area contributed by atoms with E-state index in [-0.39, 0.29) is 17.9 Å². The van der Waals surface area contributed by atoms with Gasteiger partial charge in [-0.1, -0.05) is 39.0 Å². The molecule has 1 fully saturated rings. The van der Waals surface area contributed by atoms with Gasteiger partial charge < -0.3 is 15.4 Å². The van der Waals surface area contributed by atoms with Crippen molar-refractivity contribution < 1.29 is 14.3 Å². The average Bonchev–Trinajstić information content (AvgIpc) is 2.75. The molecule has 0 radical (unpaired) electrons. The molecule has 2 N–H and O–H groups in total. The van der Waals surface area contributed by atoms with Crippen molar-refractivity contribution in [3.8, 4) is 5.75 Å². The molecule has 31 heavy (non-hydrogen) atoms. The van der Waals surface area contributed by atoms with Gasteiger partial charge in [0.2, 0.25) is 5.91 Å². The second-order valence-corrected chi connectivity index (χ2v) is 9.16. The lowest BCUT2D eigenvalue weighted by atomic mass is 9.95. The van der Waals surface area contributed by atoms with E-state index in [0.29, 0.717) is 11.3 Å². The van der Waals surface area contributed by atoms with Crippen LogP contribution >= 0.6 is 0 Å². The van der Waals surface area contributed by atoms with Crippen molar-refractivity contribution in [3.05, 3.63) is 59.7 Å². The first-order valence-electron chi connectivity index (χ1n) is 10.8. The SMILES string of the molecule is COc1cccc(CN2CCC(NC(=O)c3cccc(NC(=O)C(C)(C)C)c3)CC2)c1. The Bertz CT molecular complexity index is 912. The lowest BCUT2D eigenvalue weighted by Gasteiger charge is -2.32. The van der Waals surface area contributed by atoms with Gasteiger partial charge in [-0.05, 0) is 48.7 Å². The van der Waals surface area contributed by atoms with Gasteiger partial charge in [0.25, 0.3) is 5.91 Å². The van der Waals surface area contributed by atoms with E-state index in [0.717, 1.165) is 38.2 Å². The number of amides is 2. The fourth-order valence-electron chi connectivity index (χ4n) is 3.59. The van der Waals surface area contributed by atoms with Crippen molar-refractivity contribution in [2.75, 3.05) is 25.5 Å². The van der Waals surface area contributed by atoms with E-state index >= 15 is 0 Å². The smallest absolute Gasteiger partial charge is 0.251 e. The van der Waals surface area contributed by atoms with Crippen LogP contribution in [0.5, 0.6) is 5.75 Å². The molecule has 0 saturated carbocycles. The summed E-state index contributed by atoms with van der Waals surface area (Å²) in [5, 5.41) is 6.03. The van der Waals surface area contributed by atoms with Crippen LogP contribution in [0.2, 0.25) is 0 Å². The number of methoxy groups -OCH3 is 1. The van der Waals surface area contributed by atoms with Crippen LogP contribution in [0.25, 0.3) is 0 Å². The maximum absolute atomic E-state index is 12.7. The summed E-state index contributed by atoms with van der Waals surface area (Å²) in [6.07, 6.45) is 1.83. The summed E-state index contributed by atoms with van der Waals surface area (Å²) in [6.45, 7) is 8.33. The molecule has 166 valence electrons. The summed E-state index contributed by atoms with van der Waals surface area (Å²) in [7, 11) is 1.68. The normalized spacial score (nSPS) is 15.4. The molecule has 0 aliphatic carbocycles. The molecule has 6 nitrogen and oxygen atoms in total. The van der Waals surface area contributed by atoms with Crippen LogP contribution in [0.1, 0.15) is 49.5 Å². The number of nitrogens with zero attached hydrogens (tertiary/aromatic N) is 1. The van der Waals surface area contributed by atoms with Gasteiger partial charge in [-0.3, -0.25) is 14.5 Å². The standard InChI is InChI=1S/C25H33N3O3/c1-25(2,3)24(30)27-21-9-6-8-19(16-21)23(29)26-20-11-13-28(14-12-20)17-18-7-5-10-22(15-18)31-4/h5-10,15-16,20H,11-14,17H2,1-4H3,(H,26,29)(H,27,30). The number of hydrogen-bond acceptors (Lipinski definition) is 4. The number of nitrogens with one attached hydrogen (secondary N) is 2. The number of anilines is 1. The monoisotopic (exact) mass is 423 g/mol. The number of likely N-dealkylation sites (tertiary alicyclic amines) is 1. The summed E-state index contributed by atoms with van der Waals surface area (Å²) in [5.41, 5.74) is 1.94. The van der Waals surface area contributed by atoms with Crippen LogP contribution in [0.3, 0.4) is 0 Å². The summed E-state index contributed by atoms with van der Waals surface area (Å²) < 4.78 is 5.30.